The van der Waals surface area contributed by atoms with Crippen LogP contribution in [0.5, 0.6) is 0 Å². The number of nitrogens with one attached hydrogen (secondary N) is 1. The predicted molar refractivity (Wildman–Crippen MR) is 59.2 cm³/mol. The summed E-state index contributed by atoms with van der Waals surface area (Å²) in [6.45, 7) is 2.79. The van der Waals surface area contributed by atoms with E-state index in [-0.39, 0.29) is 5.91 Å². The van der Waals surface area contributed by atoms with Crippen LogP contribution in [0.1, 0.15) is 30.7 Å². The molecule has 3 N–H and O–H groups in total. The van der Waals surface area contributed by atoms with Gasteiger partial charge < -0.3 is 11.1 Å². The van der Waals surface area contributed by atoms with Crippen molar-refractivity contribution in [3.05, 3.63) is 22.4 Å². The van der Waals surface area contributed by atoms with Gasteiger partial charge in [-0.2, -0.15) is 0 Å². The molecule has 0 fully saturated rings. The van der Waals surface area contributed by atoms with Crippen LogP contribution in [-0.4, -0.2) is 12.5 Å². The van der Waals surface area contributed by atoms with E-state index >= 15 is 0 Å². The first-order valence-corrected chi connectivity index (χ1v) is 5.67. The molecule has 1 aromatic rings. The highest BCUT2D eigenvalue weighted by molar-refractivity contribution is 7.10. The van der Waals surface area contributed by atoms with Crippen LogP contribution < -0.4 is 11.1 Å². The number of thiophene rings is 1. The van der Waals surface area contributed by atoms with E-state index in [4.69, 9.17) is 5.73 Å². The third kappa shape index (κ3) is 3.47. The Balaban J connectivity index is 2.36. The lowest BCUT2D eigenvalue weighted by Gasteiger charge is -2.14. The average Bonchev–Trinajstić information content (AvgIpc) is 2.64. The topological polar surface area (TPSA) is 55.1 Å². The number of nitrogens with two attached hydrogens (primary N) is 1. The first kappa shape index (κ1) is 11.2. The van der Waals surface area contributed by atoms with Crippen LogP contribution >= 0.6 is 11.3 Å². The van der Waals surface area contributed by atoms with Crippen molar-refractivity contribution in [3.63, 3.8) is 0 Å². The number of carbonyl (C=O) groups is 1. The van der Waals surface area contributed by atoms with Crippen LogP contribution in [0.15, 0.2) is 17.5 Å². The van der Waals surface area contributed by atoms with Crippen molar-refractivity contribution >= 4 is 17.2 Å². The summed E-state index contributed by atoms with van der Waals surface area (Å²) in [6.07, 6.45) is 1.43. The number of amides is 1. The van der Waals surface area contributed by atoms with Gasteiger partial charge in [-0.25, -0.2) is 0 Å². The minimum atomic E-state index is -0.251. The molecule has 0 aliphatic rings. The molecule has 78 valence electrons. The van der Waals surface area contributed by atoms with E-state index in [2.05, 4.69) is 23.7 Å². The Hall–Kier alpha value is -0.870. The van der Waals surface area contributed by atoms with Gasteiger partial charge in [-0.1, -0.05) is 13.0 Å². The zero-order chi connectivity index (χ0) is 10.4. The minimum Gasteiger partial charge on any atom is -0.370 e. The molecule has 1 atom stereocenters. The van der Waals surface area contributed by atoms with Crippen molar-refractivity contribution in [1.82, 2.24) is 5.32 Å². The summed E-state index contributed by atoms with van der Waals surface area (Å²) in [5.41, 5.74) is 5.06. The van der Waals surface area contributed by atoms with Gasteiger partial charge in [0.2, 0.25) is 5.91 Å². The standard InChI is InChI=1S/C10H16N2OS/c1-2-8(9-4-3-7-14-9)12-6-5-10(11)13/h3-4,7-8,12H,2,5-6H2,1H3,(H2,11,13). The minimum absolute atomic E-state index is 0.251. The lowest BCUT2D eigenvalue weighted by Crippen LogP contribution is -2.25. The average molecular weight is 212 g/mol. The van der Waals surface area contributed by atoms with E-state index in [1.54, 1.807) is 11.3 Å². The van der Waals surface area contributed by atoms with Crippen LogP contribution in [0.4, 0.5) is 0 Å². The summed E-state index contributed by atoms with van der Waals surface area (Å²) in [4.78, 5) is 11.9. The fourth-order valence-electron chi connectivity index (χ4n) is 1.31. The molecule has 0 aliphatic carbocycles. The monoisotopic (exact) mass is 212 g/mol. The van der Waals surface area contributed by atoms with Crippen molar-refractivity contribution in [2.45, 2.75) is 25.8 Å². The second-order valence-corrected chi connectivity index (χ2v) is 4.13. The van der Waals surface area contributed by atoms with Crippen molar-refractivity contribution in [2.24, 2.45) is 5.73 Å². The number of carbonyl (C=O) groups excluding carboxylic acids is 1. The van der Waals surface area contributed by atoms with Crippen LogP contribution in [0.2, 0.25) is 0 Å². The highest BCUT2D eigenvalue weighted by Crippen LogP contribution is 2.21. The number of rotatable bonds is 6. The van der Waals surface area contributed by atoms with E-state index in [1.807, 2.05) is 6.07 Å². The highest BCUT2D eigenvalue weighted by Gasteiger charge is 2.08. The zero-order valence-corrected chi connectivity index (χ0v) is 9.14. The van der Waals surface area contributed by atoms with Gasteiger partial charge in [0.1, 0.15) is 0 Å². The number of hydrogen-bond acceptors (Lipinski definition) is 3. The molecule has 0 aliphatic heterocycles. The molecule has 1 amide bonds. The van der Waals surface area contributed by atoms with Gasteiger partial charge in [-0.3, -0.25) is 4.79 Å². The molecule has 14 heavy (non-hydrogen) atoms. The van der Waals surface area contributed by atoms with Crippen molar-refractivity contribution < 1.29 is 4.79 Å². The highest BCUT2D eigenvalue weighted by atomic mass is 32.1. The Labute approximate surface area is 88.3 Å². The summed E-state index contributed by atoms with van der Waals surface area (Å²) < 4.78 is 0. The smallest absolute Gasteiger partial charge is 0.218 e. The molecular weight excluding hydrogens is 196 g/mol. The maximum absolute atomic E-state index is 10.5. The molecule has 1 heterocycles. The molecular formula is C10H16N2OS. The van der Waals surface area contributed by atoms with Gasteiger partial charge in [-0.05, 0) is 17.9 Å². The zero-order valence-electron chi connectivity index (χ0n) is 8.32. The van der Waals surface area contributed by atoms with Gasteiger partial charge in [0.25, 0.3) is 0 Å². The Morgan fingerprint density at radius 3 is 3.00 bits per heavy atom. The fourth-order valence-corrected chi connectivity index (χ4v) is 2.19. The molecule has 0 saturated heterocycles. The van der Waals surface area contributed by atoms with Crippen molar-refractivity contribution in [1.29, 1.82) is 0 Å². The molecule has 0 saturated carbocycles. The Bertz CT molecular complexity index is 272. The molecule has 1 unspecified atom stereocenters. The maximum atomic E-state index is 10.5. The first-order valence-electron chi connectivity index (χ1n) is 4.79. The summed E-state index contributed by atoms with van der Waals surface area (Å²) in [5.74, 6) is -0.251. The SMILES string of the molecule is CCC(NCCC(N)=O)c1cccs1. The van der Waals surface area contributed by atoms with Crippen LogP contribution in [0, 0.1) is 0 Å². The molecule has 0 radical (unpaired) electrons. The molecule has 0 aromatic carbocycles. The summed E-state index contributed by atoms with van der Waals surface area (Å²) in [6, 6.07) is 4.50. The van der Waals surface area contributed by atoms with E-state index < -0.39 is 0 Å². The predicted octanol–water partition coefficient (Wildman–Crippen LogP) is 1.66. The lowest BCUT2D eigenvalue weighted by molar-refractivity contribution is -0.117. The molecule has 4 heteroatoms. The van der Waals surface area contributed by atoms with Gasteiger partial charge in [-0.15, -0.1) is 11.3 Å². The largest absolute Gasteiger partial charge is 0.370 e. The Kier molecular flexibility index (Phi) is 4.62. The number of primary amides is 1. The molecule has 0 spiro atoms. The van der Waals surface area contributed by atoms with Gasteiger partial charge in [0, 0.05) is 23.9 Å². The Morgan fingerprint density at radius 1 is 1.71 bits per heavy atom. The van der Waals surface area contributed by atoms with E-state index in [1.165, 1.54) is 4.88 Å². The second kappa shape index (κ2) is 5.78. The van der Waals surface area contributed by atoms with Crippen molar-refractivity contribution in [2.75, 3.05) is 6.54 Å². The van der Waals surface area contributed by atoms with E-state index in [9.17, 15) is 4.79 Å². The van der Waals surface area contributed by atoms with Crippen LogP contribution in [-0.2, 0) is 4.79 Å². The fraction of sp³-hybridized carbons (Fsp3) is 0.500. The second-order valence-electron chi connectivity index (χ2n) is 3.15. The third-order valence-corrected chi connectivity index (χ3v) is 3.04. The van der Waals surface area contributed by atoms with Crippen molar-refractivity contribution in [3.8, 4) is 0 Å². The normalized spacial score (nSPS) is 12.6. The van der Waals surface area contributed by atoms with Gasteiger partial charge in [0.05, 0.1) is 0 Å². The molecule has 0 bridgehead atoms. The molecule has 1 aromatic heterocycles. The molecule has 3 nitrogen and oxygen atoms in total. The van der Waals surface area contributed by atoms with E-state index in [0.717, 1.165) is 6.42 Å². The maximum Gasteiger partial charge on any atom is 0.218 e. The van der Waals surface area contributed by atoms with Gasteiger partial charge in [0.15, 0.2) is 0 Å². The summed E-state index contributed by atoms with van der Waals surface area (Å²) in [5, 5.41) is 5.38. The third-order valence-electron chi connectivity index (χ3n) is 2.06. The summed E-state index contributed by atoms with van der Waals surface area (Å²) in [7, 11) is 0. The van der Waals surface area contributed by atoms with Gasteiger partial charge >= 0.3 is 0 Å². The first-order chi connectivity index (χ1) is 6.74. The lowest BCUT2D eigenvalue weighted by atomic mass is 10.2. The number of hydrogen-bond donors (Lipinski definition) is 2. The Morgan fingerprint density at radius 2 is 2.50 bits per heavy atom. The quantitative estimate of drug-likeness (QED) is 0.753. The molecule has 1 rings (SSSR count). The van der Waals surface area contributed by atoms with Crippen LogP contribution in [0.3, 0.4) is 0 Å². The summed E-state index contributed by atoms with van der Waals surface area (Å²) >= 11 is 1.74. The van der Waals surface area contributed by atoms with Crippen LogP contribution in [0.25, 0.3) is 0 Å². The van der Waals surface area contributed by atoms with E-state index in [0.29, 0.717) is 19.0 Å².